The molecule has 2 heteroatoms. The normalized spacial score (nSPS) is 11.4. The average molecular weight is 202 g/mol. The number of hydrogen-bond acceptors (Lipinski definition) is 1. The molecule has 3 rings (SSSR count). The van der Waals surface area contributed by atoms with Crippen molar-refractivity contribution < 1.29 is 12.4 Å². The summed E-state index contributed by atoms with van der Waals surface area (Å²) in [4.78, 5) is 0. The molecule has 0 bridgehead atoms. The molecule has 14 heavy (non-hydrogen) atoms. The highest BCUT2D eigenvalue weighted by molar-refractivity contribution is 5.92. The van der Waals surface area contributed by atoms with E-state index < -0.39 is 0 Å². The van der Waals surface area contributed by atoms with Gasteiger partial charge < -0.3 is 12.4 Å². The summed E-state index contributed by atoms with van der Waals surface area (Å²) in [6.45, 7) is 0. The number of hydrogen-bond donors (Lipinski definition) is 1. The van der Waals surface area contributed by atoms with Crippen molar-refractivity contribution in [3.63, 3.8) is 0 Å². The summed E-state index contributed by atoms with van der Waals surface area (Å²) < 4.78 is 0. The van der Waals surface area contributed by atoms with Crippen molar-refractivity contribution in [1.29, 1.82) is 0 Å². The lowest BCUT2D eigenvalue weighted by molar-refractivity contribution is -0.00000243. The maximum Gasteiger partial charge on any atom is 0.222 e. The van der Waals surface area contributed by atoms with Crippen molar-refractivity contribution in [3.05, 3.63) is 54.2 Å². The lowest BCUT2D eigenvalue weighted by Gasteiger charge is -1.94. The first-order valence-electron chi connectivity index (χ1n) is 4.32. The fraction of sp³-hybridized carbons (Fsp3) is 0. The van der Waals surface area contributed by atoms with Gasteiger partial charge in [0.25, 0.3) is 0 Å². The van der Waals surface area contributed by atoms with Crippen LogP contribution in [0.25, 0.3) is 10.8 Å². The molecule has 0 spiro atoms. The minimum absolute atomic E-state index is 0. The molecule has 1 nitrogen and oxygen atoms in total. The van der Waals surface area contributed by atoms with Gasteiger partial charge in [0.1, 0.15) is 11.6 Å². The van der Waals surface area contributed by atoms with E-state index in [9.17, 15) is 0 Å². The minimum Gasteiger partial charge on any atom is -1.00 e. The van der Waals surface area contributed by atoms with E-state index in [1.54, 1.807) is 0 Å². The quantitative estimate of drug-likeness (QED) is 0.589. The van der Waals surface area contributed by atoms with E-state index in [1.165, 1.54) is 16.3 Å². The monoisotopic (exact) mass is 201 g/mol. The van der Waals surface area contributed by atoms with E-state index in [-0.39, 0.29) is 12.4 Å². The molecule has 1 aliphatic heterocycles. The van der Waals surface area contributed by atoms with Crippen molar-refractivity contribution in [1.82, 2.24) is 0 Å². The number of nitrogens with one attached hydrogen (secondary N) is 1. The van der Waals surface area contributed by atoms with Crippen molar-refractivity contribution in [2.45, 2.75) is 0 Å². The molecule has 0 unspecified atom stereocenters. The molecule has 0 aromatic heterocycles. The minimum atomic E-state index is 0. The van der Waals surface area contributed by atoms with Gasteiger partial charge in [-0.1, -0.05) is 6.07 Å². The molecule has 68 valence electrons. The smallest absolute Gasteiger partial charge is 0.222 e. The van der Waals surface area contributed by atoms with E-state index in [2.05, 4.69) is 47.8 Å². The van der Waals surface area contributed by atoms with Gasteiger partial charge in [-0.3, -0.25) is 5.32 Å². The van der Waals surface area contributed by atoms with E-state index in [1.807, 2.05) is 6.20 Å². The maximum absolute atomic E-state index is 3.21. The van der Waals surface area contributed by atoms with Crippen LogP contribution < -0.4 is 17.7 Å². The van der Waals surface area contributed by atoms with Crippen LogP contribution in [-0.2, 0) is 0 Å². The Labute approximate surface area is 88.9 Å². The van der Waals surface area contributed by atoms with E-state index >= 15 is 0 Å². The van der Waals surface area contributed by atoms with Crippen LogP contribution in [-0.4, -0.2) is 0 Å². The van der Waals surface area contributed by atoms with Gasteiger partial charge >= 0.3 is 0 Å². The second-order valence-corrected chi connectivity index (χ2v) is 3.14. The van der Waals surface area contributed by atoms with Crippen LogP contribution in [0.2, 0.25) is 0 Å². The van der Waals surface area contributed by atoms with Crippen molar-refractivity contribution in [2.75, 3.05) is 5.32 Å². The van der Waals surface area contributed by atoms with Crippen LogP contribution in [0.4, 0.5) is 5.69 Å². The lowest BCUT2D eigenvalue weighted by atomic mass is 10.0. The fourth-order valence-corrected chi connectivity index (χ4v) is 1.73. The lowest BCUT2D eigenvalue weighted by Crippen LogP contribution is -3.00. The zero-order valence-corrected chi connectivity index (χ0v) is 8.18. The van der Waals surface area contributed by atoms with Crippen LogP contribution in [0.15, 0.2) is 42.6 Å². The molecule has 2 aromatic rings. The first-order valence-corrected chi connectivity index (χ1v) is 4.32. The third kappa shape index (κ3) is 1.15. The molecule has 0 saturated heterocycles. The van der Waals surface area contributed by atoms with Gasteiger partial charge in [0.15, 0.2) is 5.69 Å². The van der Waals surface area contributed by atoms with E-state index in [0.29, 0.717) is 0 Å². The standard InChI is InChI=1S/C12H8N.ClH/c1-2-4-10-9(3-1)5-6-12-11(10)7-8-13-12;/h1-6,8,13H;1H/q+1;/p-1. The zero-order chi connectivity index (χ0) is 8.67. The van der Waals surface area contributed by atoms with E-state index in [4.69, 9.17) is 0 Å². The summed E-state index contributed by atoms with van der Waals surface area (Å²) in [5.74, 6) is 0. The third-order valence-corrected chi connectivity index (χ3v) is 2.37. The number of fused-ring (bicyclic) bond motifs is 3. The highest BCUT2D eigenvalue weighted by atomic mass is 35.5. The van der Waals surface area contributed by atoms with Crippen LogP contribution in [0.1, 0.15) is 5.56 Å². The molecule has 0 saturated carbocycles. The number of benzene rings is 2. The summed E-state index contributed by atoms with van der Waals surface area (Å²) >= 11 is 0. The first-order chi connectivity index (χ1) is 6.45. The predicted molar refractivity (Wildman–Crippen MR) is 54.5 cm³/mol. The summed E-state index contributed by atoms with van der Waals surface area (Å²) in [6, 6.07) is 12.6. The van der Waals surface area contributed by atoms with Gasteiger partial charge in [0.05, 0.1) is 6.08 Å². The van der Waals surface area contributed by atoms with Gasteiger partial charge in [0, 0.05) is 17.5 Å². The van der Waals surface area contributed by atoms with Crippen molar-refractivity contribution in [2.24, 2.45) is 0 Å². The highest BCUT2D eigenvalue weighted by Crippen LogP contribution is 2.29. The molecule has 0 atom stereocenters. The molecular formula is C12H8ClN. The highest BCUT2D eigenvalue weighted by Gasteiger charge is 2.18. The number of anilines is 1. The van der Waals surface area contributed by atoms with Gasteiger partial charge in [-0.25, -0.2) is 0 Å². The van der Waals surface area contributed by atoms with Crippen LogP contribution in [0.5, 0.6) is 0 Å². The molecular weight excluding hydrogens is 194 g/mol. The topological polar surface area (TPSA) is 12.0 Å². The first kappa shape index (κ1) is 9.01. The number of rotatable bonds is 0. The third-order valence-electron chi connectivity index (χ3n) is 2.37. The summed E-state index contributed by atoms with van der Waals surface area (Å²) in [7, 11) is 0. The second-order valence-electron chi connectivity index (χ2n) is 3.14. The molecule has 1 N–H and O–H groups in total. The average Bonchev–Trinajstić information content (AvgIpc) is 2.65. The molecule has 0 radical (unpaired) electrons. The Morgan fingerprint density at radius 1 is 1.00 bits per heavy atom. The van der Waals surface area contributed by atoms with Gasteiger partial charge in [-0.2, -0.15) is 0 Å². The Morgan fingerprint density at radius 2 is 1.86 bits per heavy atom. The van der Waals surface area contributed by atoms with Gasteiger partial charge in [-0.15, -0.1) is 0 Å². The summed E-state index contributed by atoms with van der Waals surface area (Å²) in [5.41, 5.74) is 2.33. The SMILES string of the molecule is [C+]1=CNc2ccc3ccccc3c21.[Cl-]. The van der Waals surface area contributed by atoms with Crippen LogP contribution >= 0.6 is 0 Å². The molecule has 0 fully saturated rings. The Hall–Kier alpha value is -1.56. The molecule has 0 aliphatic carbocycles. The Morgan fingerprint density at radius 3 is 2.79 bits per heavy atom. The van der Waals surface area contributed by atoms with Crippen LogP contribution in [0, 0.1) is 6.08 Å². The van der Waals surface area contributed by atoms with Crippen molar-refractivity contribution in [3.8, 4) is 0 Å². The van der Waals surface area contributed by atoms with Crippen molar-refractivity contribution >= 4 is 16.5 Å². The van der Waals surface area contributed by atoms with Gasteiger partial charge in [-0.05, 0) is 18.2 Å². The number of halogens is 1. The second kappa shape index (κ2) is 3.30. The molecule has 2 aromatic carbocycles. The largest absolute Gasteiger partial charge is 1.00 e. The summed E-state index contributed by atoms with van der Waals surface area (Å²) in [5, 5.41) is 5.69. The Balaban J connectivity index is 0.000000750. The van der Waals surface area contributed by atoms with Crippen LogP contribution in [0.3, 0.4) is 0 Å². The molecule has 0 amide bonds. The Bertz CT molecular complexity index is 503. The summed E-state index contributed by atoms with van der Waals surface area (Å²) in [6.07, 6.45) is 5.07. The molecule has 1 aliphatic rings. The molecule has 1 heterocycles. The predicted octanol–water partition coefficient (Wildman–Crippen LogP) is -0.0657. The zero-order valence-electron chi connectivity index (χ0n) is 7.42. The Kier molecular flexibility index (Phi) is 2.12. The fourth-order valence-electron chi connectivity index (χ4n) is 1.73. The van der Waals surface area contributed by atoms with Gasteiger partial charge in [0.2, 0.25) is 5.56 Å². The van der Waals surface area contributed by atoms with E-state index in [0.717, 1.165) is 5.69 Å². The maximum atomic E-state index is 3.21.